The van der Waals surface area contributed by atoms with E-state index >= 15 is 0 Å². The second kappa shape index (κ2) is 10.1. The van der Waals surface area contributed by atoms with Gasteiger partial charge in [0, 0.05) is 17.8 Å². The van der Waals surface area contributed by atoms with Gasteiger partial charge < -0.3 is 10.1 Å². The zero-order chi connectivity index (χ0) is 19.8. The molecule has 2 aromatic rings. The minimum Gasteiger partial charge on any atom is -0.367 e. The zero-order valence-corrected chi connectivity index (χ0v) is 16.3. The summed E-state index contributed by atoms with van der Waals surface area (Å²) in [4.78, 5) is 24.4. The van der Waals surface area contributed by atoms with Gasteiger partial charge in [-0.1, -0.05) is 53.5 Å². The Kier molecular flexibility index (Phi) is 7.79. The quantitative estimate of drug-likeness (QED) is 0.532. The fourth-order valence-corrected chi connectivity index (χ4v) is 2.74. The van der Waals surface area contributed by atoms with Crippen LogP contribution >= 0.6 is 23.2 Å². The number of ether oxygens (including phenoxy) is 1. The van der Waals surface area contributed by atoms with Crippen LogP contribution in [-0.4, -0.2) is 24.6 Å². The summed E-state index contributed by atoms with van der Waals surface area (Å²) in [5.74, 6) is -0.745. The van der Waals surface area contributed by atoms with E-state index < -0.39 is 12.0 Å². The standard InChI is InChI=1S/C19H19Cl2N3O3/c1-12(10-17(25)22-16-9-8-14(20)11-15(16)21)23-24-19(26)18(27-2)13-6-4-3-5-7-13/h3-9,11,18H,10H2,1-2H3,(H,22,25)(H,24,26)/b23-12+. The summed E-state index contributed by atoms with van der Waals surface area (Å²) in [6, 6.07) is 13.8. The molecule has 6 nitrogen and oxygen atoms in total. The van der Waals surface area contributed by atoms with Crippen LogP contribution in [-0.2, 0) is 14.3 Å². The first-order valence-corrected chi connectivity index (χ1v) is 8.82. The highest BCUT2D eigenvalue weighted by Crippen LogP contribution is 2.25. The first-order valence-electron chi connectivity index (χ1n) is 8.06. The monoisotopic (exact) mass is 407 g/mol. The van der Waals surface area contributed by atoms with Gasteiger partial charge in [0.15, 0.2) is 6.10 Å². The van der Waals surface area contributed by atoms with E-state index in [0.29, 0.717) is 27.0 Å². The molecule has 27 heavy (non-hydrogen) atoms. The largest absolute Gasteiger partial charge is 0.367 e. The van der Waals surface area contributed by atoms with Gasteiger partial charge >= 0.3 is 0 Å². The maximum Gasteiger partial charge on any atom is 0.273 e. The van der Waals surface area contributed by atoms with Gasteiger partial charge in [0.25, 0.3) is 5.91 Å². The molecule has 0 radical (unpaired) electrons. The summed E-state index contributed by atoms with van der Waals surface area (Å²) in [5, 5.41) is 7.44. The van der Waals surface area contributed by atoms with Crippen molar-refractivity contribution in [3.63, 3.8) is 0 Å². The second-order valence-corrected chi connectivity index (χ2v) is 6.54. The third-order valence-corrected chi connectivity index (χ3v) is 4.10. The van der Waals surface area contributed by atoms with E-state index in [-0.39, 0.29) is 12.3 Å². The highest BCUT2D eigenvalue weighted by atomic mass is 35.5. The van der Waals surface area contributed by atoms with Crippen LogP contribution in [0.3, 0.4) is 0 Å². The Morgan fingerprint density at radius 2 is 1.85 bits per heavy atom. The van der Waals surface area contributed by atoms with Crippen molar-refractivity contribution in [1.29, 1.82) is 0 Å². The number of hydrogen-bond donors (Lipinski definition) is 2. The minimum atomic E-state index is -0.788. The molecule has 0 aliphatic heterocycles. The van der Waals surface area contributed by atoms with E-state index in [1.807, 2.05) is 18.2 Å². The highest BCUT2D eigenvalue weighted by molar-refractivity contribution is 6.36. The number of hydrazone groups is 1. The minimum absolute atomic E-state index is 0.0117. The van der Waals surface area contributed by atoms with E-state index in [1.54, 1.807) is 31.2 Å². The molecule has 8 heteroatoms. The number of anilines is 1. The SMILES string of the molecule is COC(C(=O)N/N=C(\C)CC(=O)Nc1ccc(Cl)cc1Cl)c1ccccc1. The molecular weight excluding hydrogens is 389 g/mol. The average Bonchev–Trinajstić information content (AvgIpc) is 2.64. The predicted molar refractivity (Wildman–Crippen MR) is 107 cm³/mol. The fraction of sp³-hybridized carbons (Fsp3) is 0.211. The number of methoxy groups -OCH3 is 1. The number of nitrogens with one attached hydrogen (secondary N) is 2. The number of hydrogen-bond acceptors (Lipinski definition) is 4. The molecule has 0 fully saturated rings. The number of amides is 2. The summed E-state index contributed by atoms with van der Waals surface area (Å²) >= 11 is 11.8. The van der Waals surface area contributed by atoms with Gasteiger partial charge in [0.2, 0.25) is 5.91 Å². The Bertz CT molecular complexity index is 841. The molecule has 2 aromatic carbocycles. The molecule has 2 amide bonds. The molecule has 142 valence electrons. The van der Waals surface area contributed by atoms with Gasteiger partial charge in [0.1, 0.15) is 0 Å². The van der Waals surface area contributed by atoms with E-state index in [1.165, 1.54) is 13.2 Å². The van der Waals surface area contributed by atoms with Crippen LogP contribution in [0.15, 0.2) is 53.6 Å². The Morgan fingerprint density at radius 3 is 2.48 bits per heavy atom. The molecule has 0 aromatic heterocycles. The van der Waals surface area contributed by atoms with E-state index in [2.05, 4.69) is 15.8 Å². The summed E-state index contributed by atoms with van der Waals surface area (Å²) < 4.78 is 5.23. The number of benzene rings is 2. The van der Waals surface area contributed by atoms with Gasteiger partial charge in [-0.2, -0.15) is 5.10 Å². The second-order valence-electron chi connectivity index (χ2n) is 5.70. The van der Waals surface area contributed by atoms with Crippen molar-refractivity contribution in [2.24, 2.45) is 5.10 Å². The fourth-order valence-electron chi connectivity index (χ4n) is 2.29. The van der Waals surface area contributed by atoms with E-state index in [0.717, 1.165) is 0 Å². The van der Waals surface area contributed by atoms with E-state index in [4.69, 9.17) is 27.9 Å². The van der Waals surface area contributed by atoms with Crippen LogP contribution in [0.5, 0.6) is 0 Å². The van der Waals surface area contributed by atoms with Gasteiger partial charge in [-0.15, -0.1) is 0 Å². The van der Waals surface area contributed by atoms with Crippen LogP contribution in [0.25, 0.3) is 0 Å². The molecule has 0 saturated carbocycles. The Balaban J connectivity index is 1.92. The number of carbonyl (C=O) groups excluding carboxylic acids is 2. The van der Waals surface area contributed by atoms with Gasteiger partial charge in [-0.05, 0) is 30.7 Å². The molecule has 2 rings (SSSR count). The lowest BCUT2D eigenvalue weighted by Gasteiger charge is -2.14. The van der Waals surface area contributed by atoms with Crippen LogP contribution < -0.4 is 10.7 Å². The molecule has 0 spiro atoms. The third kappa shape index (κ3) is 6.36. The molecule has 0 saturated heterocycles. The van der Waals surface area contributed by atoms with Crippen molar-refractivity contribution in [1.82, 2.24) is 5.43 Å². The van der Waals surface area contributed by atoms with Gasteiger partial charge in [-0.3, -0.25) is 9.59 Å². The first-order chi connectivity index (χ1) is 12.9. The van der Waals surface area contributed by atoms with Crippen LogP contribution in [0, 0.1) is 0 Å². The van der Waals surface area contributed by atoms with Crippen molar-refractivity contribution in [2.75, 3.05) is 12.4 Å². The normalized spacial score (nSPS) is 12.4. The number of carbonyl (C=O) groups is 2. The molecule has 1 atom stereocenters. The van der Waals surface area contributed by atoms with Crippen LogP contribution in [0.1, 0.15) is 25.0 Å². The summed E-state index contributed by atoms with van der Waals surface area (Å²) in [6.07, 6.45) is -0.799. The van der Waals surface area contributed by atoms with Crippen molar-refractivity contribution in [3.8, 4) is 0 Å². The van der Waals surface area contributed by atoms with E-state index in [9.17, 15) is 9.59 Å². The Morgan fingerprint density at radius 1 is 1.15 bits per heavy atom. The van der Waals surface area contributed by atoms with Crippen LogP contribution in [0.2, 0.25) is 10.0 Å². The zero-order valence-electron chi connectivity index (χ0n) is 14.8. The maximum absolute atomic E-state index is 12.3. The molecule has 0 heterocycles. The molecule has 0 bridgehead atoms. The molecular formula is C19H19Cl2N3O3. The molecule has 0 aliphatic rings. The predicted octanol–water partition coefficient (Wildman–Crippen LogP) is 4.20. The lowest BCUT2D eigenvalue weighted by atomic mass is 10.1. The lowest BCUT2D eigenvalue weighted by molar-refractivity contribution is -0.131. The van der Waals surface area contributed by atoms with Gasteiger partial charge in [0.05, 0.1) is 17.1 Å². The lowest BCUT2D eigenvalue weighted by Crippen LogP contribution is -2.28. The van der Waals surface area contributed by atoms with Crippen molar-refractivity contribution < 1.29 is 14.3 Å². The molecule has 1 unspecified atom stereocenters. The number of rotatable bonds is 7. The summed E-state index contributed by atoms with van der Waals surface area (Å²) in [6.45, 7) is 1.63. The van der Waals surface area contributed by atoms with Crippen molar-refractivity contribution in [2.45, 2.75) is 19.4 Å². The van der Waals surface area contributed by atoms with Crippen molar-refractivity contribution >= 4 is 46.4 Å². The average molecular weight is 408 g/mol. The highest BCUT2D eigenvalue weighted by Gasteiger charge is 2.19. The Labute approximate surface area is 167 Å². The smallest absolute Gasteiger partial charge is 0.273 e. The number of halogens is 2. The first kappa shape index (κ1) is 20.9. The molecule has 0 aliphatic carbocycles. The van der Waals surface area contributed by atoms with Crippen molar-refractivity contribution in [3.05, 3.63) is 64.1 Å². The molecule has 2 N–H and O–H groups in total. The van der Waals surface area contributed by atoms with Gasteiger partial charge in [-0.25, -0.2) is 5.43 Å². The van der Waals surface area contributed by atoms with Crippen LogP contribution in [0.4, 0.5) is 5.69 Å². The Hall–Kier alpha value is -2.41. The topological polar surface area (TPSA) is 79.8 Å². The summed E-state index contributed by atoms with van der Waals surface area (Å²) in [5.41, 5.74) is 4.00. The maximum atomic E-state index is 12.3. The number of nitrogens with zero attached hydrogens (tertiary/aromatic N) is 1. The summed E-state index contributed by atoms with van der Waals surface area (Å²) in [7, 11) is 1.44. The third-order valence-electron chi connectivity index (χ3n) is 3.55.